The molecule has 0 aliphatic heterocycles. The number of carbonyl (C=O) groups excluding carboxylic acids is 1. The maximum absolute atomic E-state index is 11.3. The Morgan fingerprint density at radius 2 is 1.35 bits per heavy atom. The summed E-state index contributed by atoms with van der Waals surface area (Å²) in [6.45, 7) is 4.83. The molecule has 2 heteroatoms. The molecular weight excluding hydrogens is 284 g/mol. The number of allylic oxidation sites excluding steroid dienone is 4. The van der Waals surface area contributed by atoms with E-state index >= 15 is 0 Å². The van der Waals surface area contributed by atoms with Crippen LogP contribution in [0, 0.1) is 0 Å². The SMILES string of the molecule is CCCCC/C=C\C/C=C\CCCCCCCC(=O)OCCC. The van der Waals surface area contributed by atoms with Crippen LogP contribution in [-0.4, -0.2) is 12.6 Å². The summed E-state index contributed by atoms with van der Waals surface area (Å²) in [6.07, 6.45) is 24.0. The molecule has 0 amide bonds. The van der Waals surface area contributed by atoms with Crippen molar-refractivity contribution in [2.24, 2.45) is 0 Å². The lowest BCUT2D eigenvalue weighted by Crippen LogP contribution is -2.04. The third kappa shape index (κ3) is 18.9. The molecule has 2 nitrogen and oxygen atoms in total. The number of hydrogen-bond donors (Lipinski definition) is 0. The average Bonchev–Trinajstić information content (AvgIpc) is 2.56. The van der Waals surface area contributed by atoms with Crippen molar-refractivity contribution in [2.45, 2.75) is 97.3 Å². The van der Waals surface area contributed by atoms with Crippen LogP contribution in [0.25, 0.3) is 0 Å². The summed E-state index contributed by atoms with van der Waals surface area (Å²) < 4.78 is 5.06. The van der Waals surface area contributed by atoms with Gasteiger partial charge in [-0.25, -0.2) is 0 Å². The maximum Gasteiger partial charge on any atom is 0.305 e. The Morgan fingerprint density at radius 3 is 2.00 bits per heavy atom. The first-order valence-electron chi connectivity index (χ1n) is 9.76. The normalized spacial score (nSPS) is 11.6. The lowest BCUT2D eigenvalue weighted by atomic mass is 10.1. The minimum Gasteiger partial charge on any atom is -0.466 e. The van der Waals surface area contributed by atoms with E-state index in [0.717, 1.165) is 25.7 Å². The lowest BCUT2D eigenvalue weighted by molar-refractivity contribution is -0.143. The summed E-state index contributed by atoms with van der Waals surface area (Å²) >= 11 is 0. The molecule has 0 N–H and O–H groups in total. The molecule has 0 heterocycles. The molecule has 0 fully saturated rings. The topological polar surface area (TPSA) is 26.3 Å². The predicted molar refractivity (Wildman–Crippen MR) is 101 cm³/mol. The highest BCUT2D eigenvalue weighted by Crippen LogP contribution is 2.08. The highest BCUT2D eigenvalue weighted by molar-refractivity contribution is 5.69. The van der Waals surface area contributed by atoms with Gasteiger partial charge in [0.15, 0.2) is 0 Å². The minimum absolute atomic E-state index is 0.0301. The summed E-state index contributed by atoms with van der Waals surface area (Å²) in [5.74, 6) is -0.0301. The Hall–Kier alpha value is -1.05. The first-order valence-corrected chi connectivity index (χ1v) is 9.76. The zero-order valence-electron chi connectivity index (χ0n) is 15.5. The van der Waals surface area contributed by atoms with Crippen molar-refractivity contribution in [1.29, 1.82) is 0 Å². The molecule has 0 rings (SSSR count). The number of esters is 1. The molecule has 23 heavy (non-hydrogen) atoms. The van der Waals surface area contributed by atoms with E-state index in [1.54, 1.807) is 0 Å². The van der Waals surface area contributed by atoms with Crippen LogP contribution in [0.5, 0.6) is 0 Å². The van der Waals surface area contributed by atoms with Crippen LogP contribution in [0.2, 0.25) is 0 Å². The molecule has 0 radical (unpaired) electrons. The third-order valence-electron chi connectivity index (χ3n) is 3.80. The molecule has 0 spiro atoms. The fraction of sp³-hybridized carbons (Fsp3) is 0.762. The van der Waals surface area contributed by atoms with Gasteiger partial charge in [0.25, 0.3) is 0 Å². The number of carbonyl (C=O) groups is 1. The molecule has 0 aromatic heterocycles. The lowest BCUT2D eigenvalue weighted by Gasteiger charge is -2.02. The van der Waals surface area contributed by atoms with Gasteiger partial charge in [0.1, 0.15) is 0 Å². The molecule has 0 saturated carbocycles. The quantitative estimate of drug-likeness (QED) is 0.178. The molecule has 134 valence electrons. The number of hydrogen-bond acceptors (Lipinski definition) is 2. The summed E-state index contributed by atoms with van der Waals surface area (Å²) in [7, 11) is 0. The van der Waals surface area contributed by atoms with Crippen LogP contribution in [0.15, 0.2) is 24.3 Å². The molecule has 0 aromatic carbocycles. The van der Waals surface area contributed by atoms with E-state index in [0.29, 0.717) is 13.0 Å². The van der Waals surface area contributed by atoms with Gasteiger partial charge in [-0.05, 0) is 44.9 Å². The van der Waals surface area contributed by atoms with Gasteiger partial charge in [-0.15, -0.1) is 0 Å². The predicted octanol–water partition coefficient (Wildman–Crippen LogP) is 6.75. The van der Waals surface area contributed by atoms with Crippen LogP contribution in [0.1, 0.15) is 97.3 Å². The van der Waals surface area contributed by atoms with Crippen LogP contribution >= 0.6 is 0 Å². The second-order valence-corrected chi connectivity index (χ2v) is 6.20. The van der Waals surface area contributed by atoms with Crippen molar-refractivity contribution in [3.8, 4) is 0 Å². The average molecular weight is 323 g/mol. The van der Waals surface area contributed by atoms with Crippen LogP contribution in [0.4, 0.5) is 0 Å². The van der Waals surface area contributed by atoms with Crippen molar-refractivity contribution in [3.05, 3.63) is 24.3 Å². The van der Waals surface area contributed by atoms with Gasteiger partial charge >= 0.3 is 5.97 Å². The van der Waals surface area contributed by atoms with Gasteiger partial charge in [0.05, 0.1) is 6.61 Å². The highest BCUT2D eigenvalue weighted by atomic mass is 16.5. The van der Waals surface area contributed by atoms with E-state index in [1.807, 2.05) is 6.92 Å². The van der Waals surface area contributed by atoms with Crippen LogP contribution < -0.4 is 0 Å². The van der Waals surface area contributed by atoms with Crippen molar-refractivity contribution >= 4 is 5.97 Å². The second-order valence-electron chi connectivity index (χ2n) is 6.20. The summed E-state index contributed by atoms with van der Waals surface area (Å²) in [6, 6.07) is 0. The molecular formula is C21H38O2. The highest BCUT2D eigenvalue weighted by Gasteiger charge is 2.00. The fourth-order valence-corrected chi connectivity index (χ4v) is 2.37. The van der Waals surface area contributed by atoms with E-state index < -0.39 is 0 Å². The molecule has 0 unspecified atom stereocenters. The molecule has 0 aliphatic rings. The third-order valence-corrected chi connectivity index (χ3v) is 3.80. The van der Waals surface area contributed by atoms with Crippen molar-refractivity contribution < 1.29 is 9.53 Å². The Balaban J connectivity index is 3.23. The van der Waals surface area contributed by atoms with Gasteiger partial charge < -0.3 is 4.74 Å². The van der Waals surface area contributed by atoms with Crippen molar-refractivity contribution in [1.82, 2.24) is 0 Å². The van der Waals surface area contributed by atoms with E-state index in [9.17, 15) is 4.79 Å². The summed E-state index contributed by atoms with van der Waals surface area (Å²) in [5.41, 5.74) is 0. The first-order chi connectivity index (χ1) is 11.3. The van der Waals surface area contributed by atoms with Gasteiger partial charge in [-0.3, -0.25) is 4.79 Å². The smallest absolute Gasteiger partial charge is 0.305 e. The Bertz CT molecular complexity index is 305. The number of ether oxygens (including phenoxy) is 1. The number of rotatable bonds is 16. The van der Waals surface area contributed by atoms with Crippen molar-refractivity contribution in [2.75, 3.05) is 6.61 Å². The Kier molecular flexibility index (Phi) is 18.1. The number of unbranched alkanes of at least 4 members (excludes halogenated alkanes) is 8. The Labute approximate surface area is 144 Å². The molecule has 0 aromatic rings. The zero-order chi connectivity index (χ0) is 17.0. The molecule has 0 aliphatic carbocycles. The van der Waals surface area contributed by atoms with Crippen LogP contribution in [0.3, 0.4) is 0 Å². The van der Waals surface area contributed by atoms with Gasteiger partial charge in [-0.2, -0.15) is 0 Å². The monoisotopic (exact) mass is 322 g/mol. The molecule has 0 saturated heterocycles. The van der Waals surface area contributed by atoms with E-state index in [-0.39, 0.29) is 5.97 Å². The van der Waals surface area contributed by atoms with Crippen molar-refractivity contribution in [3.63, 3.8) is 0 Å². The van der Waals surface area contributed by atoms with Gasteiger partial charge in [-0.1, -0.05) is 70.3 Å². The second kappa shape index (κ2) is 19.0. The van der Waals surface area contributed by atoms with Gasteiger partial charge in [0, 0.05) is 6.42 Å². The van der Waals surface area contributed by atoms with Gasteiger partial charge in [0.2, 0.25) is 0 Å². The summed E-state index contributed by atoms with van der Waals surface area (Å²) in [4.78, 5) is 11.3. The minimum atomic E-state index is -0.0301. The zero-order valence-corrected chi connectivity index (χ0v) is 15.5. The van der Waals surface area contributed by atoms with E-state index in [2.05, 4.69) is 31.2 Å². The molecule has 0 atom stereocenters. The summed E-state index contributed by atoms with van der Waals surface area (Å²) in [5, 5.41) is 0. The Morgan fingerprint density at radius 1 is 0.739 bits per heavy atom. The largest absolute Gasteiger partial charge is 0.466 e. The maximum atomic E-state index is 11.3. The molecule has 0 bridgehead atoms. The fourth-order valence-electron chi connectivity index (χ4n) is 2.37. The van der Waals surface area contributed by atoms with Crippen LogP contribution in [-0.2, 0) is 9.53 Å². The van der Waals surface area contributed by atoms with E-state index in [4.69, 9.17) is 4.74 Å². The standard InChI is InChI=1S/C21H38O2/c1-3-5-6-7-8-9-10-11-12-13-14-15-16-17-18-19-21(22)23-20-4-2/h8-9,11-12H,3-7,10,13-20H2,1-2H3/b9-8-,12-11-. The van der Waals surface area contributed by atoms with E-state index in [1.165, 1.54) is 51.4 Å². The first kappa shape index (κ1) is 21.9.